The quantitative estimate of drug-likeness (QED) is 0.383. The maximum absolute atomic E-state index is 13.7. The van der Waals surface area contributed by atoms with Crippen molar-refractivity contribution in [1.29, 1.82) is 0 Å². The summed E-state index contributed by atoms with van der Waals surface area (Å²) in [5, 5.41) is 2.81. The number of nitrogens with one attached hydrogen (secondary N) is 1. The zero-order valence-corrected chi connectivity index (χ0v) is 25.9. The molecule has 12 heteroatoms. The molecule has 234 valence electrons. The molecule has 0 aliphatic carbocycles. The Labute approximate surface area is 253 Å². The lowest BCUT2D eigenvalue weighted by atomic mass is 10.1. The molecule has 0 spiro atoms. The van der Waals surface area contributed by atoms with E-state index in [0.29, 0.717) is 31.2 Å². The van der Waals surface area contributed by atoms with E-state index in [1.807, 2.05) is 44.2 Å². The Morgan fingerprint density at radius 2 is 1.60 bits per heavy atom. The van der Waals surface area contributed by atoms with Gasteiger partial charge < -0.3 is 29.3 Å². The molecule has 43 heavy (non-hydrogen) atoms. The number of ether oxygens (including phenoxy) is 3. The lowest BCUT2D eigenvalue weighted by Gasteiger charge is -2.36. The van der Waals surface area contributed by atoms with Gasteiger partial charge in [0.25, 0.3) is 5.91 Å². The van der Waals surface area contributed by atoms with Crippen molar-refractivity contribution in [2.24, 2.45) is 0 Å². The van der Waals surface area contributed by atoms with E-state index in [1.165, 1.54) is 4.90 Å². The summed E-state index contributed by atoms with van der Waals surface area (Å²) in [6.07, 6.45) is -0.888. The van der Waals surface area contributed by atoms with Gasteiger partial charge in [0, 0.05) is 44.8 Å². The zero-order chi connectivity index (χ0) is 31.6. The molecule has 12 nitrogen and oxygen atoms in total. The highest BCUT2D eigenvalue weighted by Gasteiger charge is 2.32. The Morgan fingerprint density at radius 3 is 2.21 bits per heavy atom. The van der Waals surface area contributed by atoms with Gasteiger partial charge in [-0.05, 0) is 54.0 Å². The molecule has 1 aromatic carbocycles. The van der Waals surface area contributed by atoms with E-state index in [1.54, 1.807) is 38.7 Å². The van der Waals surface area contributed by atoms with Crippen LogP contribution in [-0.2, 0) is 23.8 Å². The molecular weight excluding hydrogens is 554 g/mol. The predicted molar refractivity (Wildman–Crippen MR) is 159 cm³/mol. The number of aromatic nitrogens is 2. The third-order valence-electron chi connectivity index (χ3n) is 6.62. The van der Waals surface area contributed by atoms with Crippen LogP contribution in [0.2, 0.25) is 0 Å². The van der Waals surface area contributed by atoms with Crippen LogP contribution in [-0.4, -0.2) is 94.7 Å². The minimum Gasteiger partial charge on any atom is -0.460 e. The Bertz CT molecular complexity index is 1260. The highest BCUT2D eigenvalue weighted by Crippen LogP contribution is 2.21. The van der Waals surface area contributed by atoms with E-state index in [4.69, 9.17) is 14.2 Å². The average Bonchev–Trinajstić information content (AvgIpc) is 2.98. The van der Waals surface area contributed by atoms with Crippen molar-refractivity contribution in [2.75, 3.05) is 39.4 Å². The van der Waals surface area contributed by atoms with Gasteiger partial charge in [0.2, 0.25) is 5.91 Å². The lowest BCUT2D eigenvalue weighted by molar-refractivity contribution is -0.155. The third kappa shape index (κ3) is 10.0. The van der Waals surface area contributed by atoms with E-state index < -0.39 is 35.7 Å². The van der Waals surface area contributed by atoms with Crippen molar-refractivity contribution in [3.05, 3.63) is 47.8 Å². The van der Waals surface area contributed by atoms with E-state index in [9.17, 15) is 19.2 Å². The van der Waals surface area contributed by atoms with E-state index in [0.717, 1.165) is 5.56 Å². The number of benzene rings is 1. The van der Waals surface area contributed by atoms with Gasteiger partial charge >= 0.3 is 12.1 Å². The van der Waals surface area contributed by atoms with Gasteiger partial charge in [0.1, 0.15) is 17.3 Å². The molecule has 1 aliphatic heterocycles. The number of nitrogens with zero attached hydrogens (tertiary/aromatic N) is 4. The normalized spacial score (nSPS) is 14.9. The summed E-state index contributed by atoms with van der Waals surface area (Å²) in [4.78, 5) is 64.2. The standard InChI is InChI=1S/C31H43N5O7/c1-7-41-21(3)24-20-25(33-27(32-24)22-12-10-9-11-13-22)28(38)34-23(14-15-26(37)43-31(4,5)6)29(39)35-16-18-36(19-17-35)30(40)42-8-2/h9-13,20-21,23H,7-8,14-19H2,1-6H3,(H,34,38)/t21-,23?/m0/s1. The molecular formula is C31H43N5O7. The van der Waals surface area contributed by atoms with Crippen molar-refractivity contribution in [1.82, 2.24) is 25.1 Å². The van der Waals surface area contributed by atoms with Crippen LogP contribution in [0.3, 0.4) is 0 Å². The fraction of sp³-hybridized carbons (Fsp3) is 0.548. The molecule has 1 saturated heterocycles. The second-order valence-electron chi connectivity index (χ2n) is 11.1. The maximum atomic E-state index is 13.7. The van der Waals surface area contributed by atoms with Gasteiger partial charge in [-0.3, -0.25) is 14.4 Å². The number of amides is 3. The van der Waals surface area contributed by atoms with Crippen LogP contribution < -0.4 is 5.32 Å². The molecule has 3 rings (SSSR count). The summed E-state index contributed by atoms with van der Waals surface area (Å²) in [5.74, 6) is -1.08. The molecule has 1 unspecified atom stereocenters. The first kappa shape index (κ1) is 33.4. The Kier molecular flexibility index (Phi) is 12.0. The number of piperazine rings is 1. The van der Waals surface area contributed by atoms with Crippen LogP contribution in [0, 0.1) is 0 Å². The van der Waals surface area contributed by atoms with E-state index >= 15 is 0 Å². The molecule has 2 atom stereocenters. The minimum atomic E-state index is -1.03. The smallest absolute Gasteiger partial charge is 0.409 e. The molecule has 2 heterocycles. The Hall–Kier alpha value is -4.06. The van der Waals surface area contributed by atoms with Crippen molar-refractivity contribution in [3.8, 4) is 11.4 Å². The molecule has 0 radical (unpaired) electrons. The zero-order valence-electron chi connectivity index (χ0n) is 25.9. The van der Waals surface area contributed by atoms with Gasteiger partial charge in [-0.1, -0.05) is 30.3 Å². The van der Waals surface area contributed by atoms with Gasteiger partial charge in [-0.15, -0.1) is 0 Å². The highest BCUT2D eigenvalue weighted by atomic mass is 16.6. The minimum absolute atomic E-state index is 0.0242. The largest absolute Gasteiger partial charge is 0.460 e. The number of rotatable bonds is 11. The van der Waals surface area contributed by atoms with Crippen molar-refractivity contribution in [3.63, 3.8) is 0 Å². The predicted octanol–water partition coefficient (Wildman–Crippen LogP) is 3.76. The first-order valence-corrected chi connectivity index (χ1v) is 14.7. The summed E-state index contributed by atoms with van der Waals surface area (Å²) < 4.78 is 16.2. The molecule has 1 aliphatic rings. The first-order valence-electron chi connectivity index (χ1n) is 14.7. The Balaban J connectivity index is 1.85. The van der Waals surface area contributed by atoms with E-state index in [-0.39, 0.29) is 44.1 Å². The van der Waals surface area contributed by atoms with Crippen LogP contribution in [0.5, 0.6) is 0 Å². The molecule has 2 aromatic rings. The monoisotopic (exact) mass is 597 g/mol. The lowest BCUT2D eigenvalue weighted by Crippen LogP contribution is -2.56. The Morgan fingerprint density at radius 1 is 0.953 bits per heavy atom. The second-order valence-corrected chi connectivity index (χ2v) is 11.1. The highest BCUT2D eigenvalue weighted by molar-refractivity contribution is 5.96. The maximum Gasteiger partial charge on any atom is 0.409 e. The fourth-order valence-corrected chi connectivity index (χ4v) is 4.53. The topological polar surface area (TPSA) is 140 Å². The molecule has 1 fully saturated rings. The van der Waals surface area contributed by atoms with Crippen LogP contribution in [0.25, 0.3) is 11.4 Å². The molecule has 1 aromatic heterocycles. The number of esters is 1. The fourth-order valence-electron chi connectivity index (χ4n) is 4.53. The second kappa shape index (κ2) is 15.4. The summed E-state index contributed by atoms with van der Waals surface area (Å²) in [6.45, 7) is 12.6. The van der Waals surface area contributed by atoms with Crippen molar-refractivity contribution >= 4 is 23.9 Å². The summed E-state index contributed by atoms with van der Waals surface area (Å²) >= 11 is 0. The van der Waals surface area contributed by atoms with Gasteiger partial charge in [0.05, 0.1) is 18.4 Å². The molecule has 0 saturated carbocycles. The molecule has 3 amide bonds. The number of hydrogen-bond acceptors (Lipinski definition) is 9. The summed E-state index contributed by atoms with van der Waals surface area (Å²) in [7, 11) is 0. The van der Waals surface area contributed by atoms with Crippen molar-refractivity contribution in [2.45, 2.75) is 72.1 Å². The van der Waals surface area contributed by atoms with Crippen LogP contribution in [0.1, 0.15) is 76.7 Å². The number of carbonyl (C=O) groups is 4. The third-order valence-corrected chi connectivity index (χ3v) is 6.62. The van der Waals surface area contributed by atoms with Crippen LogP contribution in [0.4, 0.5) is 4.79 Å². The van der Waals surface area contributed by atoms with Gasteiger partial charge in [0.15, 0.2) is 5.82 Å². The first-order chi connectivity index (χ1) is 20.4. The average molecular weight is 598 g/mol. The number of carbonyl (C=O) groups excluding carboxylic acids is 4. The van der Waals surface area contributed by atoms with Gasteiger partial charge in [-0.25, -0.2) is 14.8 Å². The SMILES string of the molecule is CCOC(=O)N1CCN(C(=O)C(CCC(=O)OC(C)(C)C)NC(=O)c2cc([C@H](C)OCC)nc(-c3ccccc3)n2)CC1. The molecule has 0 bridgehead atoms. The summed E-state index contributed by atoms with van der Waals surface area (Å²) in [5.41, 5.74) is 0.621. The van der Waals surface area contributed by atoms with Crippen molar-refractivity contribution < 1.29 is 33.4 Å². The number of hydrogen-bond donors (Lipinski definition) is 1. The van der Waals surface area contributed by atoms with Crippen LogP contribution in [0.15, 0.2) is 36.4 Å². The summed E-state index contributed by atoms with van der Waals surface area (Å²) in [6, 6.07) is 9.78. The molecule has 1 N–H and O–H groups in total. The van der Waals surface area contributed by atoms with Crippen LogP contribution >= 0.6 is 0 Å². The van der Waals surface area contributed by atoms with Gasteiger partial charge in [-0.2, -0.15) is 0 Å². The van der Waals surface area contributed by atoms with E-state index in [2.05, 4.69) is 15.3 Å².